The Morgan fingerprint density at radius 2 is 1.49 bits per heavy atom. The minimum Gasteiger partial charge on any atom is -0.466 e. The van der Waals surface area contributed by atoms with Gasteiger partial charge in [0.05, 0.1) is 28.8 Å². The van der Waals surface area contributed by atoms with Crippen LogP contribution in [0.15, 0.2) is 78.9 Å². The summed E-state index contributed by atoms with van der Waals surface area (Å²) in [5.41, 5.74) is 6.34. The first-order valence-corrected chi connectivity index (χ1v) is 13.1. The summed E-state index contributed by atoms with van der Waals surface area (Å²) in [6.07, 6.45) is 0.176. The lowest BCUT2D eigenvalue weighted by Crippen LogP contribution is -2.15. The van der Waals surface area contributed by atoms with Crippen LogP contribution in [0.2, 0.25) is 0 Å². The van der Waals surface area contributed by atoms with Crippen molar-refractivity contribution in [3.63, 3.8) is 0 Å². The summed E-state index contributed by atoms with van der Waals surface area (Å²) < 4.78 is 15.0. The summed E-state index contributed by atoms with van der Waals surface area (Å²) in [5, 5.41) is 2.86. The third kappa shape index (κ3) is 6.43. The van der Waals surface area contributed by atoms with Gasteiger partial charge in [-0.15, -0.1) is 0 Å². The van der Waals surface area contributed by atoms with Crippen molar-refractivity contribution >= 4 is 29.3 Å². The highest BCUT2D eigenvalue weighted by Crippen LogP contribution is 2.36. The number of rotatable bonds is 9. The molecule has 7 heteroatoms. The van der Waals surface area contributed by atoms with Gasteiger partial charge in [-0.2, -0.15) is 4.37 Å². The van der Waals surface area contributed by atoms with Crippen LogP contribution < -0.4 is 5.32 Å². The molecule has 0 saturated carbocycles. The highest BCUT2D eigenvalue weighted by molar-refractivity contribution is 7.10. The third-order valence-corrected chi connectivity index (χ3v) is 7.06. The van der Waals surface area contributed by atoms with Gasteiger partial charge in [0.25, 0.3) is 0 Å². The number of ether oxygens (including phenoxy) is 2. The molecule has 0 aliphatic heterocycles. The van der Waals surface area contributed by atoms with Crippen molar-refractivity contribution in [2.75, 3.05) is 11.9 Å². The molecule has 0 bridgehead atoms. The van der Waals surface area contributed by atoms with Crippen LogP contribution in [-0.2, 0) is 20.9 Å². The first-order valence-electron chi connectivity index (χ1n) is 12.3. The maximum Gasteiger partial charge on any atom is 0.412 e. The Morgan fingerprint density at radius 3 is 2.11 bits per heavy atom. The lowest BCUT2D eigenvalue weighted by Gasteiger charge is -2.14. The van der Waals surface area contributed by atoms with Gasteiger partial charge >= 0.3 is 12.1 Å². The predicted molar refractivity (Wildman–Crippen MR) is 148 cm³/mol. The Morgan fingerprint density at radius 1 is 0.865 bits per heavy atom. The summed E-state index contributed by atoms with van der Waals surface area (Å²) in [6.45, 7) is 6.25. The average molecular weight is 515 g/mol. The second kappa shape index (κ2) is 12.3. The number of amides is 1. The molecule has 4 aromatic rings. The Labute approximate surface area is 221 Å². The molecule has 190 valence electrons. The SMILES string of the molecule is CCOC(=O)C(CC)c1ccc(-c2ccc(-c3snc(C)c3NC(=O)OCc3ccccc3)cc2)cc1. The Kier molecular flexibility index (Phi) is 8.69. The number of benzene rings is 3. The molecule has 4 rings (SSSR count). The molecule has 1 amide bonds. The standard InChI is InChI=1S/C30H30N2O4S/c1-4-26(29(33)35-5-2)24-15-11-22(12-16-24)23-13-17-25(18-14-23)28-27(20(3)32-37-28)31-30(34)36-19-21-9-7-6-8-10-21/h6-18,26H,4-5,19H2,1-3H3,(H,31,34). The zero-order valence-corrected chi connectivity index (χ0v) is 22.0. The Hall–Kier alpha value is -3.97. The molecule has 0 radical (unpaired) electrons. The molecular weight excluding hydrogens is 484 g/mol. The molecule has 0 saturated heterocycles. The molecule has 1 heterocycles. The van der Waals surface area contributed by atoms with Gasteiger partial charge in [0.15, 0.2) is 0 Å². The fraction of sp³-hybridized carbons (Fsp3) is 0.233. The quantitative estimate of drug-likeness (QED) is 0.233. The van der Waals surface area contributed by atoms with E-state index in [0.29, 0.717) is 18.7 Å². The second-order valence-corrected chi connectivity index (χ2v) is 9.34. The Bertz CT molecular complexity index is 1330. The van der Waals surface area contributed by atoms with E-state index in [-0.39, 0.29) is 18.5 Å². The number of aryl methyl sites for hydroxylation is 1. The highest BCUT2D eigenvalue weighted by Gasteiger charge is 2.20. The average Bonchev–Trinajstić information content (AvgIpc) is 3.29. The number of aromatic nitrogens is 1. The zero-order valence-electron chi connectivity index (χ0n) is 21.2. The fourth-order valence-electron chi connectivity index (χ4n) is 4.08. The van der Waals surface area contributed by atoms with Gasteiger partial charge in [-0.25, -0.2) is 4.79 Å². The summed E-state index contributed by atoms with van der Waals surface area (Å²) >= 11 is 1.34. The third-order valence-electron chi connectivity index (χ3n) is 6.08. The Balaban J connectivity index is 1.45. The summed E-state index contributed by atoms with van der Waals surface area (Å²) in [5.74, 6) is -0.438. The number of anilines is 1. The molecule has 1 unspecified atom stereocenters. The van der Waals surface area contributed by atoms with Crippen LogP contribution in [0.1, 0.15) is 43.0 Å². The maximum absolute atomic E-state index is 12.4. The van der Waals surface area contributed by atoms with Crippen LogP contribution >= 0.6 is 11.5 Å². The molecule has 0 fully saturated rings. The summed E-state index contributed by atoms with van der Waals surface area (Å²) in [4.78, 5) is 25.6. The molecule has 1 N–H and O–H groups in total. The summed E-state index contributed by atoms with van der Waals surface area (Å²) in [6, 6.07) is 25.7. The number of nitrogens with zero attached hydrogens (tertiary/aromatic N) is 1. The van der Waals surface area contributed by atoms with Gasteiger partial charge < -0.3 is 9.47 Å². The molecule has 6 nitrogen and oxygen atoms in total. The van der Waals surface area contributed by atoms with Crippen LogP contribution in [-0.4, -0.2) is 23.0 Å². The van der Waals surface area contributed by atoms with Gasteiger partial charge in [-0.1, -0.05) is 85.8 Å². The molecule has 0 aliphatic carbocycles. The number of carbonyl (C=O) groups excluding carboxylic acids is 2. The molecule has 0 spiro atoms. The lowest BCUT2D eigenvalue weighted by molar-refractivity contribution is -0.145. The van der Waals surface area contributed by atoms with Gasteiger partial charge in [0, 0.05) is 0 Å². The van der Waals surface area contributed by atoms with E-state index in [0.717, 1.165) is 38.4 Å². The van der Waals surface area contributed by atoms with Gasteiger partial charge in [0.2, 0.25) is 0 Å². The molecule has 37 heavy (non-hydrogen) atoms. The first-order chi connectivity index (χ1) is 18.0. The van der Waals surface area contributed by atoms with Gasteiger partial charge in [-0.05, 0) is 59.6 Å². The number of hydrogen-bond donors (Lipinski definition) is 1. The topological polar surface area (TPSA) is 77.5 Å². The van der Waals surface area contributed by atoms with Crippen LogP contribution in [0.3, 0.4) is 0 Å². The first kappa shape index (κ1) is 26.1. The van der Waals surface area contributed by atoms with Crippen molar-refractivity contribution in [1.29, 1.82) is 0 Å². The van der Waals surface area contributed by atoms with Crippen molar-refractivity contribution in [2.24, 2.45) is 0 Å². The van der Waals surface area contributed by atoms with Gasteiger partial charge in [-0.3, -0.25) is 10.1 Å². The van der Waals surface area contributed by atoms with E-state index in [4.69, 9.17) is 9.47 Å². The van der Waals surface area contributed by atoms with E-state index in [1.807, 2.05) is 99.6 Å². The normalized spacial score (nSPS) is 11.5. The highest BCUT2D eigenvalue weighted by atomic mass is 32.1. The monoisotopic (exact) mass is 514 g/mol. The fourth-order valence-corrected chi connectivity index (χ4v) is 4.93. The van der Waals surface area contributed by atoms with Crippen molar-refractivity contribution in [3.8, 4) is 21.6 Å². The molecule has 1 aromatic heterocycles. The number of nitrogens with one attached hydrogen (secondary N) is 1. The van der Waals surface area contributed by atoms with Crippen LogP contribution in [0, 0.1) is 6.92 Å². The van der Waals surface area contributed by atoms with Crippen molar-refractivity contribution in [3.05, 3.63) is 95.7 Å². The van der Waals surface area contributed by atoms with Crippen molar-refractivity contribution in [1.82, 2.24) is 4.37 Å². The zero-order chi connectivity index (χ0) is 26.2. The molecular formula is C30H30N2O4S. The van der Waals surface area contributed by atoms with E-state index < -0.39 is 6.09 Å². The molecule has 0 aliphatic rings. The van der Waals surface area contributed by atoms with E-state index in [2.05, 4.69) is 9.69 Å². The minimum atomic E-state index is -0.515. The largest absolute Gasteiger partial charge is 0.466 e. The lowest BCUT2D eigenvalue weighted by atomic mass is 9.94. The summed E-state index contributed by atoms with van der Waals surface area (Å²) in [7, 11) is 0. The van der Waals surface area contributed by atoms with Crippen molar-refractivity contribution < 1.29 is 19.1 Å². The van der Waals surface area contributed by atoms with Gasteiger partial charge in [0.1, 0.15) is 6.61 Å². The number of esters is 1. The molecule has 3 aromatic carbocycles. The second-order valence-electron chi connectivity index (χ2n) is 8.57. The smallest absolute Gasteiger partial charge is 0.412 e. The maximum atomic E-state index is 12.4. The van der Waals surface area contributed by atoms with Crippen LogP contribution in [0.4, 0.5) is 10.5 Å². The van der Waals surface area contributed by atoms with E-state index in [1.54, 1.807) is 0 Å². The number of hydrogen-bond acceptors (Lipinski definition) is 6. The van der Waals surface area contributed by atoms with E-state index in [9.17, 15) is 9.59 Å². The van der Waals surface area contributed by atoms with Crippen LogP contribution in [0.5, 0.6) is 0 Å². The van der Waals surface area contributed by atoms with Crippen LogP contribution in [0.25, 0.3) is 21.6 Å². The predicted octanol–water partition coefficient (Wildman–Crippen LogP) is 7.59. The van der Waals surface area contributed by atoms with E-state index in [1.165, 1.54) is 11.5 Å². The molecule has 1 atom stereocenters. The van der Waals surface area contributed by atoms with Crippen molar-refractivity contribution in [2.45, 2.75) is 39.7 Å². The number of carbonyl (C=O) groups is 2. The minimum absolute atomic E-state index is 0.185. The van der Waals surface area contributed by atoms with E-state index >= 15 is 0 Å².